The fourth-order valence-electron chi connectivity index (χ4n) is 8.43. The third-order valence-corrected chi connectivity index (χ3v) is 11.1. The highest BCUT2D eigenvalue weighted by atomic mass is 32.1. The van der Waals surface area contributed by atoms with Crippen molar-refractivity contribution < 1.29 is 4.74 Å². The van der Waals surface area contributed by atoms with Crippen LogP contribution in [-0.2, 0) is 0 Å². The zero-order valence-corrected chi connectivity index (χ0v) is 28.3. The van der Waals surface area contributed by atoms with Gasteiger partial charge in [-0.1, -0.05) is 74.0 Å². The number of benzene rings is 5. The monoisotopic (exact) mass is 651 g/mol. The number of ether oxygens (including phenoxy) is 1. The van der Waals surface area contributed by atoms with Crippen molar-refractivity contribution in [2.75, 3.05) is 31.2 Å². The van der Waals surface area contributed by atoms with Gasteiger partial charge in [0.05, 0.1) is 18.7 Å². The minimum Gasteiger partial charge on any atom is -0.497 e. The standard InChI is InChI=1S/C41H41N5OS/c1-3-25-24-46-21-19-28(25)22-37(46)40(32-18-20-43-35-17-14-29(47-2)23-33(32)35)45-41(48)44-36-16-13-27-9-5-7-11-31(27)39(36)38-30-10-6-4-8-26(30)12-15-34(38)42/h4-18,20,23,25,28,37,40H,3,19,21-22,24,42H2,1-2H3,(H2,44,45,48)/t25?,28?,37-,40?/m0/s1. The number of aromatic nitrogens is 1. The van der Waals surface area contributed by atoms with Crippen LogP contribution in [0.15, 0.2) is 103 Å². The van der Waals surface area contributed by atoms with E-state index in [0.29, 0.717) is 11.2 Å². The highest BCUT2D eigenvalue weighted by Crippen LogP contribution is 2.45. The van der Waals surface area contributed by atoms with Crippen LogP contribution >= 0.6 is 12.2 Å². The summed E-state index contributed by atoms with van der Waals surface area (Å²) in [5.41, 5.74) is 12.7. The van der Waals surface area contributed by atoms with Crippen LogP contribution in [0.2, 0.25) is 0 Å². The molecule has 7 heteroatoms. The Bertz CT molecular complexity index is 2170. The summed E-state index contributed by atoms with van der Waals surface area (Å²) in [6.45, 7) is 4.58. The molecule has 5 atom stereocenters. The maximum absolute atomic E-state index is 6.80. The Morgan fingerprint density at radius 3 is 2.42 bits per heavy atom. The number of nitrogens with two attached hydrogens (primary N) is 1. The molecule has 0 spiro atoms. The second-order valence-corrected chi connectivity index (χ2v) is 13.7. The Hall–Kier alpha value is -4.72. The topological polar surface area (TPSA) is 75.4 Å². The maximum Gasteiger partial charge on any atom is 0.171 e. The van der Waals surface area contributed by atoms with Crippen LogP contribution in [0, 0.1) is 11.8 Å². The Balaban J connectivity index is 1.22. The van der Waals surface area contributed by atoms with E-state index in [4.69, 9.17) is 27.7 Å². The molecule has 4 heterocycles. The van der Waals surface area contributed by atoms with Crippen LogP contribution in [0.3, 0.4) is 0 Å². The zero-order chi connectivity index (χ0) is 32.8. The molecule has 3 saturated heterocycles. The van der Waals surface area contributed by atoms with Crippen molar-refractivity contribution in [1.29, 1.82) is 0 Å². The first kappa shape index (κ1) is 30.6. The van der Waals surface area contributed by atoms with E-state index in [-0.39, 0.29) is 6.04 Å². The Morgan fingerprint density at radius 2 is 1.69 bits per heavy atom. The van der Waals surface area contributed by atoms with Crippen LogP contribution in [0.4, 0.5) is 11.4 Å². The number of nitrogens with one attached hydrogen (secondary N) is 2. The summed E-state index contributed by atoms with van der Waals surface area (Å²) >= 11 is 6.23. The van der Waals surface area contributed by atoms with E-state index in [1.165, 1.54) is 18.4 Å². The highest BCUT2D eigenvalue weighted by molar-refractivity contribution is 7.80. The van der Waals surface area contributed by atoms with Gasteiger partial charge in [-0.25, -0.2) is 0 Å². The van der Waals surface area contributed by atoms with Crippen LogP contribution in [0.1, 0.15) is 37.8 Å². The normalized spacial score (nSPS) is 21.0. The molecule has 0 saturated carbocycles. The van der Waals surface area contributed by atoms with Crippen molar-refractivity contribution >= 4 is 61.2 Å². The van der Waals surface area contributed by atoms with Crippen molar-refractivity contribution in [2.45, 2.75) is 38.3 Å². The highest BCUT2D eigenvalue weighted by Gasteiger charge is 2.43. The van der Waals surface area contributed by atoms with Gasteiger partial charge in [0.25, 0.3) is 0 Å². The predicted molar refractivity (Wildman–Crippen MR) is 204 cm³/mol. The first-order chi connectivity index (χ1) is 23.5. The number of anilines is 2. The van der Waals surface area contributed by atoms with Crippen molar-refractivity contribution in [2.24, 2.45) is 11.8 Å². The largest absolute Gasteiger partial charge is 0.497 e. The number of hydrogen-bond acceptors (Lipinski definition) is 5. The van der Waals surface area contributed by atoms with Gasteiger partial charge in [0.1, 0.15) is 5.75 Å². The minimum atomic E-state index is -0.0465. The summed E-state index contributed by atoms with van der Waals surface area (Å²) in [6.07, 6.45) is 5.55. The second-order valence-electron chi connectivity index (χ2n) is 13.3. The molecule has 3 fully saturated rings. The number of fused-ring (bicyclic) bond motifs is 6. The Kier molecular flexibility index (Phi) is 8.11. The lowest BCUT2D eigenvalue weighted by molar-refractivity contribution is -0.0132. The van der Waals surface area contributed by atoms with E-state index in [1.807, 2.05) is 24.4 Å². The molecule has 0 radical (unpaired) electrons. The second kappa shape index (κ2) is 12.7. The van der Waals surface area contributed by atoms with Crippen molar-refractivity contribution in [3.05, 3.63) is 109 Å². The van der Waals surface area contributed by atoms with E-state index in [2.05, 4.69) is 101 Å². The van der Waals surface area contributed by atoms with Crippen LogP contribution < -0.4 is 21.1 Å². The molecule has 0 amide bonds. The molecule has 3 aliphatic rings. The summed E-state index contributed by atoms with van der Waals surface area (Å²) in [6, 6.07) is 33.8. The number of thiocarbonyl (C=S) groups is 1. The molecular weight excluding hydrogens is 611 g/mol. The maximum atomic E-state index is 6.80. The molecule has 4 unspecified atom stereocenters. The summed E-state index contributed by atoms with van der Waals surface area (Å²) < 4.78 is 5.66. The summed E-state index contributed by atoms with van der Waals surface area (Å²) in [4.78, 5) is 7.41. The average Bonchev–Trinajstić information content (AvgIpc) is 3.13. The van der Waals surface area contributed by atoms with Crippen molar-refractivity contribution in [3.63, 3.8) is 0 Å². The van der Waals surface area contributed by atoms with E-state index in [9.17, 15) is 0 Å². The number of rotatable bonds is 7. The zero-order valence-electron chi connectivity index (χ0n) is 27.4. The van der Waals surface area contributed by atoms with E-state index in [1.54, 1.807) is 7.11 Å². The van der Waals surface area contributed by atoms with Gasteiger partial charge in [0, 0.05) is 46.7 Å². The quantitative estimate of drug-likeness (QED) is 0.118. The predicted octanol–water partition coefficient (Wildman–Crippen LogP) is 8.95. The van der Waals surface area contributed by atoms with E-state index < -0.39 is 0 Å². The molecule has 0 aliphatic carbocycles. The number of nitrogen functional groups attached to an aromatic ring is 1. The van der Waals surface area contributed by atoms with Gasteiger partial charge in [-0.15, -0.1) is 0 Å². The molecule has 48 heavy (non-hydrogen) atoms. The van der Waals surface area contributed by atoms with Crippen LogP contribution in [-0.4, -0.2) is 41.2 Å². The van der Waals surface area contributed by atoms with Crippen LogP contribution in [0.25, 0.3) is 43.6 Å². The average molecular weight is 652 g/mol. The molecule has 1 aromatic heterocycles. The number of pyridine rings is 1. The smallest absolute Gasteiger partial charge is 0.171 e. The van der Waals surface area contributed by atoms with Crippen molar-refractivity contribution in [1.82, 2.24) is 15.2 Å². The molecule has 5 aromatic carbocycles. The molecule has 6 nitrogen and oxygen atoms in total. The molecule has 3 aliphatic heterocycles. The summed E-state index contributed by atoms with van der Waals surface area (Å²) in [5, 5.41) is 13.7. The van der Waals surface area contributed by atoms with Gasteiger partial charge in [0.15, 0.2) is 5.11 Å². The fourth-order valence-corrected chi connectivity index (χ4v) is 8.66. The van der Waals surface area contributed by atoms with Gasteiger partial charge in [-0.3, -0.25) is 9.88 Å². The van der Waals surface area contributed by atoms with Gasteiger partial charge in [-0.05, 0) is 107 Å². The van der Waals surface area contributed by atoms with E-state index in [0.717, 1.165) is 92.0 Å². The Labute approximate surface area is 287 Å². The number of hydrogen-bond donors (Lipinski definition) is 3. The lowest BCUT2D eigenvalue weighted by atomic mass is 9.72. The molecule has 242 valence electrons. The fraction of sp³-hybridized carbons (Fsp3) is 0.268. The first-order valence-corrected chi connectivity index (χ1v) is 17.5. The third-order valence-electron chi connectivity index (χ3n) is 10.8. The summed E-state index contributed by atoms with van der Waals surface area (Å²) in [7, 11) is 1.71. The van der Waals surface area contributed by atoms with Crippen LogP contribution in [0.5, 0.6) is 5.75 Å². The van der Waals surface area contributed by atoms with Crippen molar-refractivity contribution in [3.8, 4) is 16.9 Å². The lowest BCUT2D eigenvalue weighted by Gasteiger charge is -2.52. The number of nitrogens with zero attached hydrogens (tertiary/aromatic N) is 2. The van der Waals surface area contributed by atoms with Gasteiger partial charge < -0.3 is 21.1 Å². The first-order valence-electron chi connectivity index (χ1n) is 17.1. The molecule has 2 bridgehead atoms. The minimum absolute atomic E-state index is 0.0465. The summed E-state index contributed by atoms with van der Waals surface area (Å²) in [5.74, 6) is 2.29. The van der Waals surface area contributed by atoms with E-state index >= 15 is 0 Å². The SMILES string of the molecule is CCC1CN2CCC1C[C@H]2C(NC(=S)Nc1ccc2ccccc2c1-c1c(N)ccc2ccccc12)c1ccnc2ccc(OC)cc12. The molecule has 4 N–H and O–H groups in total. The Morgan fingerprint density at radius 1 is 0.938 bits per heavy atom. The molecular formula is C41H41N5OS. The molecule has 9 rings (SSSR count). The lowest BCUT2D eigenvalue weighted by Crippen LogP contribution is -2.58. The van der Waals surface area contributed by atoms with Gasteiger partial charge in [-0.2, -0.15) is 0 Å². The number of methoxy groups -OCH3 is 1. The third kappa shape index (κ3) is 5.41. The van der Waals surface area contributed by atoms with Gasteiger partial charge in [0.2, 0.25) is 0 Å². The van der Waals surface area contributed by atoms with Gasteiger partial charge >= 0.3 is 0 Å². The molecule has 6 aromatic rings. The number of piperidine rings is 3.